The van der Waals surface area contributed by atoms with Crippen LogP contribution in [0.5, 0.6) is 0 Å². The molecule has 1 aromatic rings. The number of amides is 1. The summed E-state index contributed by atoms with van der Waals surface area (Å²) in [7, 11) is 0. The fourth-order valence-electron chi connectivity index (χ4n) is 1.31. The second-order valence-electron chi connectivity index (χ2n) is 3.60. The van der Waals surface area contributed by atoms with Crippen LogP contribution < -0.4 is 5.32 Å². The summed E-state index contributed by atoms with van der Waals surface area (Å²) in [4.78, 5) is 24.0. The van der Waals surface area contributed by atoms with Crippen LogP contribution in [0, 0.1) is 6.92 Å². The summed E-state index contributed by atoms with van der Waals surface area (Å²) in [5, 5.41) is 11.1. The van der Waals surface area contributed by atoms with E-state index in [0.29, 0.717) is 4.88 Å². The van der Waals surface area contributed by atoms with Gasteiger partial charge in [-0.2, -0.15) is 0 Å². The van der Waals surface area contributed by atoms with Gasteiger partial charge in [-0.05, 0) is 31.9 Å². The van der Waals surface area contributed by atoms with Gasteiger partial charge in [-0.15, -0.1) is 11.3 Å². The average molecular weight is 241 g/mol. The molecule has 16 heavy (non-hydrogen) atoms. The highest BCUT2D eigenvalue weighted by atomic mass is 32.1. The molecule has 1 unspecified atom stereocenters. The van der Waals surface area contributed by atoms with Gasteiger partial charge in [0.1, 0.15) is 6.04 Å². The van der Waals surface area contributed by atoms with Crippen LogP contribution in [0.25, 0.3) is 0 Å². The van der Waals surface area contributed by atoms with E-state index in [0.717, 1.165) is 16.9 Å². The predicted molar refractivity (Wildman–Crippen MR) is 63.0 cm³/mol. The average Bonchev–Trinajstić information content (AvgIpc) is 2.59. The Kier molecular flexibility index (Phi) is 4.06. The molecule has 1 amide bonds. The predicted octanol–water partition coefficient (Wildman–Crippen LogP) is 1.82. The molecule has 1 atom stereocenters. The van der Waals surface area contributed by atoms with Gasteiger partial charge in [-0.1, -0.05) is 6.92 Å². The Labute approximate surface area is 98.3 Å². The van der Waals surface area contributed by atoms with Crippen molar-refractivity contribution < 1.29 is 14.7 Å². The summed E-state index contributed by atoms with van der Waals surface area (Å²) in [6.07, 6.45) is 0.887. The first-order valence-corrected chi connectivity index (χ1v) is 5.90. The lowest BCUT2D eigenvalue weighted by Gasteiger charge is -2.07. The van der Waals surface area contributed by atoms with Gasteiger partial charge in [0.15, 0.2) is 0 Å². The van der Waals surface area contributed by atoms with Crippen molar-refractivity contribution in [2.75, 3.05) is 0 Å². The Balaban J connectivity index is 2.77. The molecule has 0 fully saturated rings. The summed E-state index contributed by atoms with van der Waals surface area (Å²) in [5.74, 6) is -1.35. The van der Waals surface area contributed by atoms with Crippen LogP contribution >= 0.6 is 11.3 Å². The molecule has 2 N–H and O–H groups in total. The Bertz CT molecular complexity index is 411. The Morgan fingerprint density at radius 2 is 2.19 bits per heavy atom. The first kappa shape index (κ1) is 12.7. The molecule has 1 heterocycles. The molecule has 0 saturated carbocycles. The van der Waals surface area contributed by atoms with E-state index in [2.05, 4.69) is 5.32 Å². The van der Waals surface area contributed by atoms with Crippen LogP contribution in [0.4, 0.5) is 0 Å². The fourth-order valence-corrected chi connectivity index (χ4v) is 2.33. The summed E-state index contributed by atoms with van der Waals surface area (Å²) in [6, 6.07) is 0.938. The molecule has 0 aromatic carbocycles. The zero-order chi connectivity index (χ0) is 12.3. The van der Waals surface area contributed by atoms with Gasteiger partial charge in [0.05, 0.1) is 4.88 Å². The van der Waals surface area contributed by atoms with E-state index in [1.54, 1.807) is 6.07 Å². The van der Waals surface area contributed by atoms with Crippen LogP contribution in [0.15, 0.2) is 6.07 Å². The lowest BCUT2D eigenvalue weighted by Crippen LogP contribution is -2.37. The second-order valence-corrected chi connectivity index (χ2v) is 4.74. The summed E-state index contributed by atoms with van der Waals surface area (Å²) in [6.45, 7) is 5.43. The smallest absolute Gasteiger partial charge is 0.325 e. The molecule has 4 nitrogen and oxygen atoms in total. The number of carbonyl (C=O) groups excluding carboxylic acids is 1. The van der Waals surface area contributed by atoms with Crippen molar-refractivity contribution in [3.8, 4) is 0 Å². The van der Waals surface area contributed by atoms with Crippen molar-refractivity contribution in [2.45, 2.75) is 33.2 Å². The third-order valence-electron chi connectivity index (χ3n) is 2.28. The number of aryl methyl sites for hydroxylation is 2. The molecule has 0 bridgehead atoms. The second kappa shape index (κ2) is 5.12. The number of carboxylic acids is 1. The Hall–Kier alpha value is -1.36. The highest BCUT2D eigenvalue weighted by Crippen LogP contribution is 2.22. The maximum atomic E-state index is 11.7. The van der Waals surface area contributed by atoms with Gasteiger partial charge in [-0.3, -0.25) is 9.59 Å². The van der Waals surface area contributed by atoms with Crippen LogP contribution in [0.1, 0.15) is 34.0 Å². The van der Waals surface area contributed by atoms with Crippen LogP contribution in [0.2, 0.25) is 0 Å². The molecule has 0 aliphatic heterocycles. The number of carboxylic acid groups (broad SMARTS) is 1. The van der Waals surface area contributed by atoms with Crippen molar-refractivity contribution in [3.63, 3.8) is 0 Å². The lowest BCUT2D eigenvalue weighted by atomic mass is 10.2. The quantitative estimate of drug-likeness (QED) is 0.845. The first-order chi connectivity index (χ1) is 7.45. The molecule has 0 aliphatic carbocycles. The molecule has 0 aliphatic rings. The lowest BCUT2D eigenvalue weighted by molar-refractivity contribution is -0.138. The van der Waals surface area contributed by atoms with E-state index in [-0.39, 0.29) is 5.91 Å². The third-order valence-corrected chi connectivity index (χ3v) is 3.66. The van der Waals surface area contributed by atoms with E-state index < -0.39 is 12.0 Å². The maximum absolute atomic E-state index is 11.7. The number of rotatable bonds is 4. The van der Waals surface area contributed by atoms with E-state index in [4.69, 9.17) is 5.11 Å². The number of hydrogen-bond donors (Lipinski definition) is 2. The third kappa shape index (κ3) is 2.82. The number of aliphatic carboxylic acids is 1. The molecule has 0 spiro atoms. The minimum absolute atomic E-state index is 0.317. The number of thiophene rings is 1. The van der Waals surface area contributed by atoms with Gasteiger partial charge < -0.3 is 10.4 Å². The Morgan fingerprint density at radius 1 is 1.56 bits per heavy atom. The molecular weight excluding hydrogens is 226 g/mol. The van der Waals surface area contributed by atoms with Gasteiger partial charge in [0, 0.05) is 4.88 Å². The largest absolute Gasteiger partial charge is 0.480 e. The zero-order valence-electron chi connectivity index (χ0n) is 9.53. The topological polar surface area (TPSA) is 66.4 Å². The molecular formula is C11H15NO3S. The minimum atomic E-state index is -1.03. The monoisotopic (exact) mass is 241 g/mol. The van der Waals surface area contributed by atoms with Gasteiger partial charge in [-0.25, -0.2) is 0 Å². The van der Waals surface area contributed by atoms with Crippen LogP contribution in [-0.4, -0.2) is 23.0 Å². The van der Waals surface area contributed by atoms with Crippen molar-refractivity contribution in [2.24, 2.45) is 0 Å². The van der Waals surface area contributed by atoms with E-state index in [1.165, 1.54) is 18.3 Å². The Morgan fingerprint density at radius 3 is 2.62 bits per heavy atom. The molecule has 88 valence electrons. The highest BCUT2D eigenvalue weighted by Gasteiger charge is 2.17. The van der Waals surface area contributed by atoms with Crippen molar-refractivity contribution in [1.82, 2.24) is 5.32 Å². The fraction of sp³-hybridized carbons (Fsp3) is 0.455. The number of nitrogens with one attached hydrogen (secondary N) is 1. The zero-order valence-corrected chi connectivity index (χ0v) is 10.4. The standard InChI is InChI=1S/C11H15NO3S/c1-4-8-6(2)5-9(16-8)10(13)12-7(3)11(14)15/h5,7H,4H2,1-3H3,(H,12,13)(H,14,15). The van der Waals surface area contributed by atoms with Crippen molar-refractivity contribution >= 4 is 23.2 Å². The first-order valence-electron chi connectivity index (χ1n) is 5.08. The molecule has 0 saturated heterocycles. The number of hydrogen-bond acceptors (Lipinski definition) is 3. The summed E-state index contributed by atoms with van der Waals surface area (Å²) >= 11 is 1.42. The van der Waals surface area contributed by atoms with Crippen molar-refractivity contribution in [3.05, 3.63) is 21.4 Å². The van der Waals surface area contributed by atoms with E-state index in [9.17, 15) is 9.59 Å². The SMILES string of the molecule is CCc1sc(C(=O)NC(C)C(=O)O)cc1C. The molecule has 0 radical (unpaired) electrons. The van der Waals surface area contributed by atoms with Crippen molar-refractivity contribution in [1.29, 1.82) is 0 Å². The normalized spacial score (nSPS) is 12.2. The van der Waals surface area contributed by atoms with Gasteiger partial charge in [0.2, 0.25) is 0 Å². The van der Waals surface area contributed by atoms with Gasteiger partial charge >= 0.3 is 5.97 Å². The van der Waals surface area contributed by atoms with Crippen LogP contribution in [0.3, 0.4) is 0 Å². The van der Waals surface area contributed by atoms with E-state index >= 15 is 0 Å². The molecule has 1 aromatic heterocycles. The molecule has 1 rings (SSSR count). The van der Waals surface area contributed by atoms with Gasteiger partial charge in [0.25, 0.3) is 5.91 Å². The summed E-state index contributed by atoms with van der Waals surface area (Å²) < 4.78 is 0. The number of carbonyl (C=O) groups is 2. The minimum Gasteiger partial charge on any atom is -0.480 e. The summed E-state index contributed by atoms with van der Waals surface area (Å²) in [5.41, 5.74) is 1.08. The maximum Gasteiger partial charge on any atom is 0.325 e. The molecule has 5 heteroatoms. The highest BCUT2D eigenvalue weighted by molar-refractivity contribution is 7.14. The van der Waals surface area contributed by atoms with E-state index in [1.807, 2.05) is 13.8 Å². The van der Waals surface area contributed by atoms with Crippen LogP contribution in [-0.2, 0) is 11.2 Å².